The zero-order valence-corrected chi connectivity index (χ0v) is 14.0. The van der Waals surface area contributed by atoms with Crippen LogP contribution in [-0.2, 0) is 11.3 Å². The van der Waals surface area contributed by atoms with Gasteiger partial charge in [-0.2, -0.15) is 0 Å². The molecule has 0 N–H and O–H groups in total. The Morgan fingerprint density at radius 1 is 1.13 bits per heavy atom. The van der Waals surface area contributed by atoms with Gasteiger partial charge in [-0.05, 0) is 31.2 Å². The Hall–Kier alpha value is -2.17. The predicted molar refractivity (Wildman–Crippen MR) is 92.9 cm³/mol. The lowest BCUT2D eigenvalue weighted by atomic mass is 10.2. The molecule has 0 radical (unpaired) electrons. The van der Waals surface area contributed by atoms with Crippen molar-refractivity contribution >= 4 is 28.9 Å². The van der Waals surface area contributed by atoms with Gasteiger partial charge in [0.05, 0.1) is 11.3 Å². The van der Waals surface area contributed by atoms with Gasteiger partial charge in [0, 0.05) is 16.0 Å². The van der Waals surface area contributed by atoms with E-state index >= 15 is 0 Å². The Bertz CT molecular complexity index is 810. The number of carbonyl (C=O) groups is 1. The summed E-state index contributed by atoms with van der Waals surface area (Å²) in [5.74, 6) is -0.383. The highest BCUT2D eigenvalue weighted by Gasteiger charge is 2.10. The maximum absolute atomic E-state index is 12.0. The molecule has 0 aliphatic heterocycles. The summed E-state index contributed by atoms with van der Waals surface area (Å²) in [6, 6.07) is 14.8. The highest BCUT2D eigenvalue weighted by atomic mass is 35.5. The fourth-order valence-corrected chi connectivity index (χ4v) is 2.95. The average molecular weight is 344 g/mol. The lowest BCUT2D eigenvalue weighted by Gasteiger charge is -2.03. The van der Waals surface area contributed by atoms with E-state index in [2.05, 4.69) is 17.1 Å². The number of benzene rings is 2. The number of nitrogens with zero attached hydrogens (tertiary/aromatic N) is 1. The number of thiazole rings is 1. The number of hydrogen-bond donors (Lipinski definition) is 0. The summed E-state index contributed by atoms with van der Waals surface area (Å²) >= 11 is 7.34. The first-order chi connectivity index (χ1) is 11.1. The van der Waals surface area contributed by atoms with E-state index in [1.165, 1.54) is 16.9 Å². The second-order valence-electron chi connectivity index (χ2n) is 5.09. The van der Waals surface area contributed by atoms with Crippen LogP contribution >= 0.6 is 22.9 Å². The second-order valence-corrected chi connectivity index (χ2v) is 6.39. The zero-order valence-electron chi connectivity index (χ0n) is 12.5. The Morgan fingerprint density at radius 3 is 2.52 bits per heavy atom. The van der Waals surface area contributed by atoms with Gasteiger partial charge >= 0.3 is 5.97 Å². The van der Waals surface area contributed by atoms with Gasteiger partial charge in [-0.25, -0.2) is 9.78 Å². The molecule has 0 unspecified atom stereocenters. The Kier molecular flexibility index (Phi) is 4.74. The first-order valence-electron chi connectivity index (χ1n) is 7.06. The van der Waals surface area contributed by atoms with Crippen LogP contribution in [0.25, 0.3) is 10.6 Å². The maximum Gasteiger partial charge on any atom is 0.338 e. The fraction of sp³-hybridized carbons (Fsp3) is 0.111. The third-order valence-electron chi connectivity index (χ3n) is 3.28. The van der Waals surface area contributed by atoms with Gasteiger partial charge in [0.25, 0.3) is 0 Å². The van der Waals surface area contributed by atoms with E-state index in [-0.39, 0.29) is 12.6 Å². The molecule has 0 amide bonds. The normalized spacial score (nSPS) is 10.5. The van der Waals surface area contributed by atoms with Gasteiger partial charge in [0.15, 0.2) is 0 Å². The molecule has 1 heterocycles. The van der Waals surface area contributed by atoms with Gasteiger partial charge in [-0.1, -0.05) is 41.4 Å². The van der Waals surface area contributed by atoms with Crippen LogP contribution in [0, 0.1) is 6.92 Å². The lowest BCUT2D eigenvalue weighted by molar-refractivity contribution is 0.0468. The van der Waals surface area contributed by atoms with E-state index in [0.29, 0.717) is 10.6 Å². The van der Waals surface area contributed by atoms with E-state index in [0.717, 1.165) is 16.3 Å². The molecule has 0 bridgehead atoms. The van der Waals surface area contributed by atoms with Crippen LogP contribution in [0.4, 0.5) is 0 Å². The molecular weight excluding hydrogens is 330 g/mol. The third-order valence-corrected chi connectivity index (χ3v) is 4.47. The lowest BCUT2D eigenvalue weighted by Crippen LogP contribution is -2.05. The van der Waals surface area contributed by atoms with Crippen LogP contribution in [0.5, 0.6) is 0 Å². The van der Waals surface area contributed by atoms with Crippen molar-refractivity contribution in [1.82, 2.24) is 4.98 Å². The summed E-state index contributed by atoms with van der Waals surface area (Å²) < 4.78 is 5.28. The van der Waals surface area contributed by atoms with Gasteiger partial charge in [0.2, 0.25) is 0 Å². The number of halogens is 1. The van der Waals surface area contributed by atoms with Crippen LogP contribution in [0.2, 0.25) is 5.02 Å². The molecule has 0 saturated carbocycles. The smallest absolute Gasteiger partial charge is 0.338 e. The summed E-state index contributed by atoms with van der Waals surface area (Å²) in [7, 11) is 0. The van der Waals surface area contributed by atoms with E-state index < -0.39 is 0 Å². The Morgan fingerprint density at radius 2 is 1.83 bits per heavy atom. The number of hydrogen-bond acceptors (Lipinski definition) is 4. The maximum atomic E-state index is 12.0. The molecular formula is C18H14ClNO2S. The van der Waals surface area contributed by atoms with Gasteiger partial charge in [-0.3, -0.25) is 0 Å². The molecule has 0 atom stereocenters. The third kappa shape index (κ3) is 3.97. The Labute approximate surface area is 143 Å². The zero-order chi connectivity index (χ0) is 16.2. The van der Waals surface area contributed by atoms with E-state index in [1.807, 2.05) is 24.4 Å². The van der Waals surface area contributed by atoms with Gasteiger partial charge in [-0.15, -0.1) is 11.3 Å². The number of esters is 1. The molecule has 3 aromatic rings. The quantitative estimate of drug-likeness (QED) is 0.616. The van der Waals surface area contributed by atoms with Crippen molar-refractivity contribution in [2.24, 2.45) is 0 Å². The van der Waals surface area contributed by atoms with Crippen molar-refractivity contribution in [3.63, 3.8) is 0 Å². The van der Waals surface area contributed by atoms with Crippen LogP contribution < -0.4 is 0 Å². The highest BCUT2D eigenvalue weighted by molar-refractivity contribution is 7.13. The van der Waals surface area contributed by atoms with E-state index in [1.54, 1.807) is 24.3 Å². The molecule has 3 nitrogen and oxygen atoms in total. The largest absolute Gasteiger partial charge is 0.456 e. The highest BCUT2D eigenvalue weighted by Crippen LogP contribution is 2.24. The van der Waals surface area contributed by atoms with Crippen LogP contribution in [-0.4, -0.2) is 11.0 Å². The molecule has 3 rings (SSSR count). The molecule has 116 valence electrons. The summed E-state index contributed by atoms with van der Waals surface area (Å²) in [6.45, 7) is 2.21. The van der Waals surface area contributed by atoms with Gasteiger partial charge in [0.1, 0.15) is 11.6 Å². The van der Waals surface area contributed by atoms with Crippen LogP contribution in [0.15, 0.2) is 53.9 Å². The van der Waals surface area contributed by atoms with Gasteiger partial charge < -0.3 is 4.74 Å². The summed E-state index contributed by atoms with van der Waals surface area (Å²) in [4.78, 5) is 16.5. The summed E-state index contributed by atoms with van der Waals surface area (Å²) in [5, 5.41) is 3.41. The minimum Gasteiger partial charge on any atom is -0.456 e. The van der Waals surface area contributed by atoms with Crippen molar-refractivity contribution in [1.29, 1.82) is 0 Å². The summed E-state index contributed by atoms with van der Waals surface area (Å²) in [6.07, 6.45) is 0. The fourth-order valence-electron chi connectivity index (χ4n) is 2.01. The second kappa shape index (κ2) is 6.94. The molecule has 0 aliphatic carbocycles. The Balaban J connectivity index is 1.64. The predicted octanol–water partition coefficient (Wildman–Crippen LogP) is 5.13. The number of ether oxygens (including phenoxy) is 1. The first kappa shape index (κ1) is 15.7. The number of aryl methyl sites for hydroxylation is 1. The van der Waals surface area contributed by atoms with E-state index in [9.17, 15) is 4.79 Å². The van der Waals surface area contributed by atoms with Crippen molar-refractivity contribution in [3.8, 4) is 10.6 Å². The molecule has 23 heavy (non-hydrogen) atoms. The molecule has 5 heteroatoms. The average Bonchev–Trinajstić information content (AvgIpc) is 3.03. The standard InChI is InChI=1S/C18H14ClNO2S/c1-12-2-4-13(5-3-12)17-20-16(11-23-17)10-22-18(21)14-6-8-15(19)9-7-14/h2-9,11H,10H2,1H3. The summed E-state index contributed by atoms with van der Waals surface area (Å²) in [5.41, 5.74) is 3.49. The molecule has 0 spiro atoms. The monoisotopic (exact) mass is 343 g/mol. The molecule has 1 aromatic heterocycles. The van der Waals surface area contributed by atoms with Crippen molar-refractivity contribution in [2.45, 2.75) is 13.5 Å². The van der Waals surface area contributed by atoms with E-state index in [4.69, 9.17) is 16.3 Å². The van der Waals surface area contributed by atoms with Crippen LogP contribution in [0.3, 0.4) is 0 Å². The SMILES string of the molecule is Cc1ccc(-c2nc(COC(=O)c3ccc(Cl)cc3)cs2)cc1. The minimum absolute atomic E-state index is 0.157. The number of carbonyl (C=O) groups excluding carboxylic acids is 1. The minimum atomic E-state index is -0.383. The van der Waals surface area contributed by atoms with Crippen molar-refractivity contribution in [3.05, 3.63) is 75.8 Å². The molecule has 0 saturated heterocycles. The molecule has 2 aromatic carbocycles. The van der Waals surface area contributed by atoms with Crippen LogP contribution in [0.1, 0.15) is 21.6 Å². The number of aromatic nitrogens is 1. The first-order valence-corrected chi connectivity index (χ1v) is 8.32. The topological polar surface area (TPSA) is 39.2 Å². The van der Waals surface area contributed by atoms with Crippen molar-refractivity contribution in [2.75, 3.05) is 0 Å². The molecule has 0 aliphatic rings. The molecule has 0 fully saturated rings. The van der Waals surface area contributed by atoms with Crippen molar-refractivity contribution < 1.29 is 9.53 Å². The number of rotatable bonds is 4.